The third-order valence-corrected chi connectivity index (χ3v) is 10.8. The van der Waals surface area contributed by atoms with Crippen molar-refractivity contribution in [1.82, 2.24) is 9.88 Å². The number of piperidine rings is 1. The van der Waals surface area contributed by atoms with Crippen LogP contribution >= 0.6 is 0 Å². The first-order valence-corrected chi connectivity index (χ1v) is 17.2. The number of pyridine rings is 1. The Morgan fingerprint density at radius 1 is 0.957 bits per heavy atom. The number of ether oxygens (including phenoxy) is 3. The van der Waals surface area contributed by atoms with E-state index in [-0.39, 0.29) is 12.1 Å². The van der Waals surface area contributed by atoms with Crippen LogP contribution in [0.5, 0.6) is 5.75 Å². The molecule has 3 atom stereocenters. The number of aliphatic carboxylic acids is 1. The van der Waals surface area contributed by atoms with E-state index in [4.69, 9.17) is 19.2 Å². The molecule has 5 heterocycles. The standard InChI is InChI=1S/C38H47N3O5/c1-25-6-3-7-31(33-8-4-10-35(39-33)41-20-15-32(38(42)43)37-34(41)9-5-21-45-37)36(25)46-24-28-12-11-27-13-18-40(19-14-30(27)26(28)2)29-16-22-44-23-17-29/h3-4,6-8,10-12,29,32,34,37H,5,9,13-24H2,1-2H3,(H,42,43)/t32-,34+,37-/m0/s1. The maximum absolute atomic E-state index is 12.0. The van der Waals surface area contributed by atoms with E-state index >= 15 is 0 Å². The van der Waals surface area contributed by atoms with Gasteiger partial charge in [-0.25, -0.2) is 4.98 Å². The van der Waals surface area contributed by atoms with Gasteiger partial charge in [0.2, 0.25) is 0 Å². The number of carbonyl (C=O) groups is 1. The Kier molecular flexibility index (Phi) is 9.29. The molecule has 8 heteroatoms. The number of carboxylic acid groups (broad SMARTS) is 1. The summed E-state index contributed by atoms with van der Waals surface area (Å²) in [6.45, 7) is 10.1. The number of hydrogen-bond acceptors (Lipinski definition) is 7. The highest BCUT2D eigenvalue weighted by molar-refractivity contribution is 5.72. The first kappa shape index (κ1) is 31.2. The minimum absolute atomic E-state index is 0.0134. The minimum atomic E-state index is -0.763. The highest BCUT2D eigenvalue weighted by Crippen LogP contribution is 2.38. The minimum Gasteiger partial charge on any atom is -0.488 e. The van der Waals surface area contributed by atoms with Crippen molar-refractivity contribution < 1.29 is 24.1 Å². The Bertz CT molecular complexity index is 1550. The van der Waals surface area contributed by atoms with Crippen molar-refractivity contribution in [3.8, 4) is 17.0 Å². The van der Waals surface area contributed by atoms with Gasteiger partial charge in [-0.2, -0.15) is 0 Å². The van der Waals surface area contributed by atoms with Crippen molar-refractivity contribution in [2.45, 2.75) is 83.6 Å². The number of carboxylic acids is 1. The van der Waals surface area contributed by atoms with Crippen molar-refractivity contribution in [2.75, 3.05) is 44.4 Å². The number of nitrogens with zero attached hydrogens (tertiary/aromatic N) is 3. The van der Waals surface area contributed by atoms with Gasteiger partial charge in [0.1, 0.15) is 18.2 Å². The monoisotopic (exact) mass is 625 g/mol. The molecule has 0 amide bonds. The number of rotatable bonds is 7. The SMILES string of the molecule is Cc1cccc(-c2cccc(N3CC[C@H](C(=O)O)[C@@H]4OCCC[C@H]43)n2)c1OCc1ccc2c(c1C)CCN(C1CCOCC1)CC2. The molecule has 3 aromatic rings. The zero-order valence-corrected chi connectivity index (χ0v) is 27.2. The summed E-state index contributed by atoms with van der Waals surface area (Å²) in [5.41, 5.74) is 8.47. The van der Waals surface area contributed by atoms with Gasteiger partial charge in [0.25, 0.3) is 0 Å². The second-order valence-electron chi connectivity index (χ2n) is 13.5. The van der Waals surface area contributed by atoms with Crippen molar-refractivity contribution in [3.63, 3.8) is 0 Å². The zero-order chi connectivity index (χ0) is 31.6. The molecule has 0 radical (unpaired) electrons. The van der Waals surface area contributed by atoms with Crippen molar-refractivity contribution >= 4 is 11.8 Å². The molecular formula is C38H47N3O5. The molecule has 0 bridgehead atoms. The van der Waals surface area contributed by atoms with Gasteiger partial charge in [-0.1, -0.05) is 30.3 Å². The number of hydrogen-bond donors (Lipinski definition) is 1. The highest BCUT2D eigenvalue weighted by atomic mass is 16.5. The molecular weight excluding hydrogens is 578 g/mol. The van der Waals surface area contributed by atoms with Gasteiger partial charge in [0, 0.05) is 51.1 Å². The molecule has 4 aliphatic heterocycles. The molecule has 0 unspecified atom stereocenters. The molecule has 3 saturated heterocycles. The lowest BCUT2D eigenvalue weighted by atomic mass is 9.84. The van der Waals surface area contributed by atoms with Crippen LogP contribution in [0.3, 0.4) is 0 Å². The molecule has 0 aliphatic carbocycles. The Morgan fingerprint density at radius 3 is 2.63 bits per heavy atom. The normalized spacial score (nSPS) is 24.1. The highest BCUT2D eigenvalue weighted by Gasteiger charge is 2.44. The van der Waals surface area contributed by atoms with E-state index in [9.17, 15) is 9.90 Å². The third-order valence-electron chi connectivity index (χ3n) is 10.8. The van der Waals surface area contributed by atoms with Gasteiger partial charge < -0.3 is 24.2 Å². The van der Waals surface area contributed by atoms with Crippen LogP contribution in [0.25, 0.3) is 11.3 Å². The van der Waals surface area contributed by atoms with E-state index in [0.717, 1.165) is 93.2 Å². The summed E-state index contributed by atoms with van der Waals surface area (Å²) < 4.78 is 18.3. The molecule has 4 aliphatic rings. The molecule has 46 heavy (non-hydrogen) atoms. The molecule has 1 aromatic heterocycles. The van der Waals surface area contributed by atoms with Crippen molar-refractivity contribution in [1.29, 1.82) is 0 Å². The fraction of sp³-hybridized carbons (Fsp3) is 0.526. The average Bonchev–Trinajstić information content (AvgIpc) is 3.32. The van der Waals surface area contributed by atoms with Crippen molar-refractivity contribution in [3.05, 3.63) is 76.3 Å². The molecule has 8 nitrogen and oxygen atoms in total. The number of benzene rings is 2. The smallest absolute Gasteiger partial charge is 0.309 e. The topological polar surface area (TPSA) is 84.4 Å². The predicted molar refractivity (Wildman–Crippen MR) is 179 cm³/mol. The molecule has 0 saturated carbocycles. The van der Waals surface area contributed by atoms with Gasteiger partial charge in [-0.15, -0.1) is 0 Å². The molecule has 3 fully saturated rings. The van der Waals surface area contributed by atoms with Crippen molar-refractivity contribution in [2.24, 2.45) is 5.92 Å². The lowest BCUT2D eigenvalue weighted by Crippen LogP contribution is -2.57. The van der Waals surface area contributed by atoms with E-state index in [0.29, 0.717) is 32.2 Å². The lowest BCUT2D eigenvalue weighted by Gasteiger charge is -2.47. The molecule has 1 N–H and O–H groups in total. The summed E-state index contributed by atoms with van der Waals surface area (Å²) in [5, 5.41) is 9.83. The molecule has 2 aromatic carbocycles. The zero-order valence-electron chi connectivity index (χ0n) is 27.2. The van der Waals surface area contributed by atoms with Crippen LogP contribution in [0.4, 0.5) is 5.82 Å². The molecule has 244 valence electrons. The number of fused-ring (bicyclic) bond motifs is 2. The molecule has 0 spiro atoms. The maximum Gasteiger partial charge on any atom is 0.309 e. The molecule has 7 rings (SSSR count). The van der Waals surface area contributed by atoms with Gasteiger partial charge in [-0.3, -0.25) is 9.69 Å². The van der Waals surface area contributed by atoms with Crippen LogP contribution in [-0.4, -0.2) is 78.6 Å². The van der Waals surface area contributed by atoms with E-state index < -0.39 is 11.9 Å². The summed E-state index contributed by atoms with van der Waals surface area (Å²) in [6.07, 6.45) is 6.54. The fourth-order valence-electron chi connectivity index (χ4n) is 8.24. The second-order valence-corrected chi connectivity index (χ2v) is 13.5. The van der Waals surface area contributed by atoms with Crippen LogP contribution in [0.15, 0.2) is 48.5 Å². The number of aromatic nitrogens is 1. The fourth-order valence-corrected chi connectivity index (χ4v) is 8.24. The van der Waals surface area contributed by atoms with Gasteiger partial charge in [0.15, 0.2) is 0 Å². The maximum atomic E-state index is 12.0. The Labute approximate surface area is 272 Å². The Balaban J connectivity index is 1.10. The Hall–Kier alpha value is -3.46. The number of aryl methyl sites for hydroxylation is 1. The van der Waals surface area contributed by atoms with E-state index in [1.807, 2.05) is 18.2 Å². The van der Waals surface area contributed by atoms with Gasteiger partial charge in [0.05, 0.1) is 23.8 Å². The third kappa shape index (κ3) is 6.27. The van der Waals surface area contributed by atoms with Gasteiger partial charge in [-0.05, 0) is 105 Å². The average molecular weight is 626 g/mol. The second kappa shape index (κ2) is 13.7. The van der Waals surface area contributed by atoms with Crippen LogP contribution < -0.4 is 9.64 Å². The van der Waals surface area contributed by atoms with Crippen LogP contribution in [0.2, 0.25) is 0 Å². The first-order chi connectivity index (χ1) is 22.5. The summed E-state index contributed by atoms with van der Waals surface area (Å²) in [6, 6.07) is 17.6. The van der Waals surface area contributed by atoms with Crippen LogP contribution in [0.1, 0.15) is 59.9 Å². The summed E-state index contributed by atoms with van der Waals surface area (Å²) in [7, 11) is 0. The van der Waals surface area contributed by atoms with E-state index in [1.165, 1.54) is 22.3 Å². The summed E-state index contributed by atoms with van der Waals surface area (Å²) in [4.78, 5) is 22.1. The first-order valence-electron chi connectivity index (χ1n) is 17.2. The quantitative estimate of drug-likeness (QED) is 0.343. The lowest BCUT2D eigenvalue weighted by molar-refractivity contribution is -0.152. The van der Waals surface area contributed by atoms with E-state index in [1.54, 1.807) is 0 Å². The van der Waals surface area contributed by atoms with Gasteiger partial charge >= 0.3 is 5.97 Å². The largest absolute Gasteiger partial charge is 0.488 e. The number of para-hydroxylation sites is 1. The summed E-state index contributed by atoms with van der Waals surface area (Å²) >= 11 is 0. The number of anilines is 1. The Morgan fingerprint density at radius 2 is 1.78 bits per heavy atom. The predicted octanol–water partition coefficient (Wildman–Crippen LogP) is 5.98. The van der Waals surface area contributed by atoms with E-state index in [2.05, 4.69) is 54.0 Å². The van der Waals surface area contributed by atoms with Crippen LogP contribution in [-0.2, 0) is 33.7 Å². The van der Waals surface area contributed by atoms with Crippen LogP contribution in [0, 0.1) is 19.8 Å². The summed E-state index contributed by atoms with van der Waals surface area (Å²) in [5.74, 6) is 0.492.